The first-order valence-electron chi connectivity index (χ1n) is 7.49. The summed E-state index contributed by atoms with van der Waals surface area (Å²) in [6.45, 7) is 4.83. The van der Waals surface area contributed by atoms with Crippen LogP contribution in [0.3, 0.4) is 0 Å². The highest BCUT2D eigenvalue weighted by atomic mass is 16.5. The van der Waals surface area contributed by atoms with Crippen LogP contribution in [0.15, 0.2) is 36.4 Å². The molecule has 3 rings (SSSR count). The molecule has 0 saturated carbocycles. The number of H-pyrrole nitrogens is 1. The molecular formula is C18H20N2O2. The largest absolute Gasteiger partial charge is 0.493 e. The third-order valence-electron chi connectivity index (χ3n) is 3.54. The van der Waals surface area contributed by atoms with Crippen molar-refractivity contribution in [3.63, 3.8) is 0 Å². The topological polar surface area (TPSA) is 47.1 Å². The third kappa shape index (κ3) is 2.77. The van der Waals surface area contributed by atoms with Crippen molar-refractivity contribution in [2.45, 2.75) is 20.3 Å². The summed E-state index contributed by atoms with van der Waals surface area (Å²) in [7, 11) is 1.65. The van der Waals surface area contributed by atoms with Gasteiger partial charge in [0.2, 0.25) is 0 Å². The molecule has 0 bridgehead atoms. The van der Waals surface area contributed by atoms with Crippen molar-refractivity contribution in [2.24, 2.45) is 0 Å². The highest BCUT2D eigenvalue weighted by Crippen LogP contribution is 2.32. The predicted molar refractivity (Wildman–Crippen MR) is 88.6 cm³/mol. The molecule has 1 heterocycles. The number of rotatable bonds is 5. The number of aromatic amines is 1. The van der Waals surface area contributed by atoms with Crippen LogP contribution in [0.5, 0.6) is 11.5 Å². The quantitative estimate of drug-likeness (QED) is 0.762. The minimum Gasteiger partial charge on any atom is -0.493 e. The van der Waals surface area contributed by atoms with Crippen LogP contribution < -0.4 is 9.47 Å². The Labute approximate surface area is 130 Å². The molecule has 0 aliphatic heterocycles. The molecule has 0 aliphatic rings. The molecule has 0 fully saturated rings. The zero-order valence-corrected chi connectivity index (χ0v) is 13.1. The van der Waals surface area contributed by atoms with E-state index in [1.54, 1.807) is 7.11 Å². The third-order valence-corrected chi connectivity index (χ3v) is 3.54. The fraction of sp³-hybridized carbons (Fsp3) is 0.278. The van der Waals surface area contributed by atoms with Gasteiger partial charge >= 0.3 is 0 Å². The molecule has 114 valence electrons. The Kier molecular flexibility index (Phi) is 4.00. The Morgan fingerprint density at radius 2 is 1.95 bits per heavy atom. The van der Waals surface area contributed by atoms with Gasteiger partial charge in [0.25, 0.3) is 0 Å². The number of aromatic nitrogens is 2. The van der Waals surface area contributed by atoms with Gasteiger partial charge in [0.15, 0.2) is 11.5 Å². The number of aryl methyl sites for hydroxylation is 1. The van der Waals surface area contributed by atoms with Crippen LogP contribution in [0.4, 0.5) is 0 Å². The molecule has 0 spiro atoms. The van der Waals surface area contributed by atoms with Crippen molar-refractivity contribution in [3.05, 3.63) is 42.0 Å². The average molecular weight is 296 g/mol. The summed E-state index contributed by atoms with van der Waals surface area (Å²) in [6.07, 6.45) is 0.966. The summed E-state index contributed by atoms with van der Waals surface area (Å²) >= 11 is 0. The maximum atomic E-state index is 5.69. The smallest absolute Gasteiger partial charge is 0.161 e. The van der Waals surface area contributed by atoms with Gasteiger partial charge in [0.05, 0.1) is 24.8 Å². The van der Waals surface area contributed by atoms with Gasteiger partial charge in [-0.3, -0.25) is 0 Å². The summed E-state index contributed by atoms with van der Waals surface area (Å²) < 4.78 is 11.1. The lowest BCUT2D eigenvalue weighted by Gasteiger charge is -2.10. The molecule has 0 radical (unpaired) electrons. The number of nitrogens with one attached hydrogen (secondary N) is 1. The number of nitrogens with zero attached hydrogens (tertiary/aromatic N) is 1. The first-order chi connectivity index (χ1) is 10.7. The second-order valence-corrected chi connectivity index (χ2v) is 5.32. The van der Waals surface area contributed by atoms with E-state index in [1.807, 2.05) is 24.3 Å². The van der Waals surface area contributed by atoms with Crippen LogP contribution >= 0.6 is 0 Å². The molecule has 2 aromatic carbocycles. The molecule has 4 heteroatoms. The van der Waals surface area contributed by atoms with Crippen LogP contribution in [0, 0.1) is 6.92 Å². The lowest BCUT2D eigenvalue weighted by Crippen LogP contribution is -1.98. The van der Waals surface area contributed by atoms with E-state index >= 15 is 0 Å². The fourth-order valence-electron chi connectivity index (χ4n) is 2.41. The molecule has 1 N–H and O–H groups in total. The van der Waals surface area contributed by atoms with E-state index in [-0.39, 0.29) is 0 Å². The Hall–Kier alpha value is -2.49. The average Bonchev–Trinajstić information content (AvgIpc) is 2.95. The summed E-state index contributed by atoms with van der Waals surface area (Å²) in [6, 6.07) is 12.1. The molecule has 3 aromatic rings. The van der Waals surface area contributed by atoms with Gasteiger partial charge in [-0.15, -0.1) is 0 Å². The summed E-state index contributed by atoms with van der Waals surface area (Å²) in [5, 5.41) is 0. The monoisotopic (exact) mass is 296 g/mol. The lowest BCUT2D eigenvalue weighted by atomic mass is 10.2. The highest BCUT2D eigenvalue weighted by Gasteiger charge is 2.10. The Bertz CT molecular complexity index is 793. The number of hydrogen-bond acceptors (Lipinski definition) is 3. The molecule has 0 amide bonds. The number of hydrogen-bond donors (Lipinski definition) is 1. The fourth-order valence-corrected chi connectivity index (χ4v) is 2.41. The molecule has 0 aliphatic carbocycles. The minimum absolute atomic E-state index is 0.680. The van der Waals surface area contributed by atoms with Crippen molar-refractivity contribution >= 4 is 11.0 Å². The van der Waals surface area contributed by atoms with E-state index in [1.165, 1.54) is 5.56 Å². The first kappa shape index (κ1) is 14.4. The normalized spacial score (nSPS) is 10.9. The maximum Gasteiger partial charge on any atom is 0.161 e. The van der Waals surface area contributed by atoms with E-state index in [0.717, 1.165) is 40.3 Å². The van der Waals surface area contributed by atoms with E-state index in [9.17, 15) is 0 Å². The van der Waals surface area contributed by atoms with Gasteiger partial charge in [-0.1, -0.05) is 13.0 Å². The molecule has 22 heavy (non-hydrogen) atoms. The molecule has 0 saturated heterocycles. The van der Waals surface area contributed by atoms with Gasteiger partial charge in [0, 0.05) is 5.56 Å². The number of benzene rings is 2. The molecule has 1 aromatic heterocycles. The second-order valence-electron chi connectivity index (χ2n) is 5.32. The lowest BCUT2D eigenvalue weighted by molar-refractivity contribution is 0.294. The van der Waals surface area contributed by atoms with Crippen LogP contribution in [0.25, 0.3) is 22.4 Å². The van der Waals surface area contributed by atoms with E-state index in [4.69, 9.17) is 9.47 Å². The zero-order valence-electron chi connectivity index (χ0n) is 13.1. The summed E-state index contributed by atoms with van der Waals surface area (Å²) in [4.78, 5) is 8.00. The Morgan fingerprint density at radius 1 is 1.09 bits per heavy atom. The van der Waals surface area contributed by atoms with Gasteiger partial charge < -0.3 is 14.5 Å². The van der Waals surface area contributed by atoms with Gasteiger partial charge in [-0.25, -0.2) is 4.98 Å². The van der Waals surface area contributed by atoms with Crippen LogP contribution in [0.1, 0.15) is 18.9 Å². The summed E-state index contributed by atoms with van der Waals surface area (Å²) in [5.41, 5.74) is 4.20. The molecule has 0 atom stereocenters. The SMILES string of the molecule is CCCOc1ccc(-c2nc3ccc(C)cc3[nH]2)cc1OC. The highest BCUT2D eigenvalue weighted by molar-refractivity contribution is 5.80. The van der Waals surface area contributed by atoms with Gasteiger partial charge in [-0.2, -0.15) is 0 Å². The number of methoxy groups -OCH3 is 1. The van der Waals surface area contributed by atoms with Crippen molar-refractivity contribution in [1.82, 2.24) is 9.97 Å². The predicted octanol–water partition coefficient (Wildman–Crippen LogP) is 4.34. The molecule has 0 unspecified atom stereocenters. The van der Waals surface area contributed by atoms with E-state index < -0.39 is 0 Å². The van der Waals surface area contributed by atoms with Crippen molar-refractivity contribution in [2.75, 3.05) is 13.7 Å². The van der Waals surface area contributed by atoms with Crippen LogP contribution in [0.2, 0.25) is 0 Å². The van der Waals surface area contributed by atoms with Gasteiger partial charge in [0.1, 0.15) is 5.82 Å². The minimum atomic E-state index is 0.680. The van der Waals surface area contributed by atoms with Crippen molar-refractivity contribution < 1.29 is 9.47 Å². The van der Waals surface area contributed by atoms with Crippen molar-refractivity contribution in [3.8, 4) is 22.9 Å². The first-order valence-corrected chi connectivity index (χ1v) is 7.49. The summed E-state index contributed by atoms with van der Waals surface area (Å²) in [5.74, 6) is 2.32. The molecule has 4 nitrogen and oxygen atoms in total. The zero-order chi connectivity index (χ0) is 15.5. The number of ether oxygens (including phenoxy) is 2. The number of imidazole rings is 1. The standard InChI is InChI=1S/C18H20N2O2/c1-4-9-22-16-8-6-13(11-17(16)21-3)18-19-14-7-5-12(2)10-15(14)20-18/h5-8,10-11H,4,9H2,1-3H3,(H,19,20). The second kappa shape index (κ2) is 6.10. The number of fused-ring (bicyclic) bond motifs is 1. The van der Waals surface area contributed by atoms with Crippen LogP contribution in [-0.2, 0) is 0 Å². The maximum absolute atomic E-state index is 5.69. The Balaban J connectivity index is 1.99. The Morgan fingerprint density at radius 3 is 2.73 bits per heavy atom. The van der Waals surface area contributed by atoms with E-state index in [2.05, 4.69) is 35.9 Å². The van der Waals surface area contributed by atoms with E-state index in [0.29, 0.717) is 6.61 Å². The van der Waals surface area contributed by atoms with Crippen LogP contribution in [-0.4, -0.2) is 23.7 Å². The molecular weight excluding hydrogens is 276 g/mol. The van der Waals surface area contributed by atoms with Gasteiger partial charge in [-0.05, 0) is 49.2 Å². The van der Waals surface area contributed by atoms with Crippen molar-refractivity contribution in [1.29, 1.82) is 0 Å².